The van der Waals surface area contributed by atoms with Crippen LogP contribution >= 0.6 is 0 Å². The van der Waals surface area contributed by atoms with E-state index in [0.717, 1.165) is 28.8 Å². The van der Waals surface area contributed by atoms with E-state index in [0.29, 0.717) is 18.4 Å². The lowest BCUT2D eigenvalue weighted by Gasteiger charge is -2.44. The van der Waals surface area contributed by atoms with Crippen LogP contribution in [0.3, 0.4) is 0 Å². The molecule has 0 spiro atoms. The Morgan fingerprint density at radius 2 is 2.22 bits per heavy atom. The second-order valence-electron chi connectivity index (χ2n) is 6.72. The van der Waals surface area contributed by atoms with E-state index in [1.165, 1.54) is 25.9 Å². The number of carbonyl (C=O) groups is 1. The number of piperidine rings is 3. The number of hydrogen-bond donors (Lipinski definition) is 2. The van der Waals surface area contributed by atoms with E-state index in [-0.39, 0.29) is 5.91 Å². The van der Waals surface area contributed by atoms with Crippen LogP contribution in [-0.2, 0) is 11.2 Å². The largest absolute Gasteiger partial charge is 0.496 e. The summed E-state index contributed by atoms with van der Waals surface area (Å²) in [5.74, 6) is 1.51. The van der Waals surface area contributed by atoms with Crippen molar-refractivity contribution in [2.24, 2.45) is 5.92 Å². The maximum Gasteiger partial charge on any atom is 0.224 e. The maximum absolute atomic E-state index is 12.5. The molecule has 3 fully saturated rings. The molecule has 2 bridgehead atoms. The number of benzene rings is 1. The average Bonchev–Trinajstić information content (AvgIpc) is 3.02. The van der Waals surface area contributed by atoms with Crippen LogP contribution in [0.15, 0.2) is 24.4 Å². The number of nitrogens with zero attached hydrogens (tertiary/aromatic N) is 1. The molecular weight excluding hydrogens is 290 g/mol. The minimum atomic E-state index is 0.0944. The monoisotopic (exact) mass is 313 g/mol. The van der Waals surface area contributed by atoms with Crippen LogP contribution in [0.4, 0.5) is 0 Å². The van der Waals surface area contributed by atoms with Gasteiger partial charge < -0.3 is 19.9 Å². The Kier molecular flexibility index (Phi) is 3.73. The summed E-state index contributed by atoms with van der Waals surface area (Å²) in [6.45, 7) is 3.38. The zero-order valence-corrected chi connectivity index (χ0v) is 13.5. The SMILES string of the molecule is COc1cc2[nH]ccc2cc1CC(=O)NC1CN2CCC1CC2. The molecule has 1 amide bonds. The van der Waals surface area contributed by atoms with Gasteiger partial charge in [-0.1, -0.05) is 0 Å². The molecule has 0 saturated carbocycles. The average molecular weight is 313 g/mol. The van der Waals surface area contributed by atoms with Crippen LogP contribution < -0.4 is 10.1 Å². The fourth-order valence-corrected chi connectivity index (χ4v) is 4.02. The summed E-state index contributed by atoms with van der Waals surface area (Å²) < 4.78 is 5.45. The Hall–Kier alpha value is -2.01. The van der Waals surface area contributed by atoms with Crippen LogP contribution in [0.25, 0.3) is 10.9 Å². The van der Waals surface area contributed by atoms with Crippen molar-refractivity contribution in [2.75, 3.05) is 26.7 Å². The van der Waals surface area contributed by atoms with Gasteiger partial charge in [0.25, 0.3) is 0 Å². The second-order valence-corrected chi connectivity index (χ2v) is 6.72. The lowest BCUT2D eigenvalue weighted by Crippen LogP contribution is -2.57. The number of H-pyrrole nitrogens is 1. The summed E-state index contributed by atoms with van der Waals surface area (Å²) in [5.41, 5.74) is 1.97. The fourth-order valence-electron chi connectivity index (χ4n) is 4.02. The van der Waals surface area contributed by atoms with Gasteiger partial charge in [-0.05, 0) is 49.4 Å². The number of amides is 1. The highest BCUT2D eigenvalue weighted by molar-refractivity contribution is 5.85. The first kappa shape index (κ1) is 14.6. The first-order chi connectivity index (χ1) is 11.2. The molecule has 5 nitrogen and oxygen atoms in total. The minimum Gasteiger partial charge on any atom is -0.496 e. The molecule has 1 unspecified atom stereocenters. The molecule has 23 heavy (non-hydrogen) atoms. The summed E-state index contributed by atoms with van der Waals surface area (Å²) in [4.78, 5) is 18.1. The maximum atomic E-state index is 12.5. The Labute approximate surface area is 136 Å². The molecular formula is C18H23N3O2. The van der Waals surface area contributed by atoms with Gasteiger partial charge in [-0.3, -0.25) is 4.79 Å². The molecule has 1 aromatic carbocycles. The molecule has 5 heteroatoms. The summed E-state index contributed by atoms with van der Waals surface area (Å²) >= 11 is 0. The number of hydrogen-bond acceptors (Lipinski definition) is 3. The second kappa shape index (κ2) is 5.89. The predicted octanol–water partition coefficient (Wildman–Crippen LogP) is 1.93. The van der Waals surface area contributed by atoms with Gasteiger partial charge in [0.2, 0.25) is 5.91 Å². The Morgan fingerprint density at radius 3 is 2.91 bits per heavy atom. The van der Waals surface area contributed by atoms with E-state index in [1.807, 2.05) is 24.4 Å². The van der Waals surface area contributed by atoms with Crippen molar-refractivity contribution in [1.29, 1.82) is 0 Å². The molecule has 1 aromatic heterocycles. The van der Waals surface area contributed by atoms with Crippen molar-refractivity contribution in [3.8, 4) is 5.75 Å². The smallest absolute Gasteiger partial charge is 0.224 e. The van der Waals surface area contributed by atoms with E-state index in [2.05, 4.69) is 15.2 Å². The lowest BCUT2D eigenvalue weighted by atomic mass is 9.84. The quantitative estimate of drug-likeness (QED) is 0.907. The zero-order valence-electron chi connectivity index (χ0n) is 13.5. The van der Waals surface area contributed by atoms with Crippen molar-refractivity contribution >= 4 is 16.8 Å². The summed E-state index contributed by atoms with van der Waals surface area (Å²) in [5, 5.41) is 4.36. The first-order valence-electron chi connectivity index (χ1n) is 8.38. The van der Waals surface area contributed by atoms with E-state index in [9.17, 15) is 4.79 Å². The Balaban J connectivity index is 1.47. The summed E-state index contributed by atoms with van der Waals surface area (Å²) in [6.07, 6.45) is 4.70. The zero-order chi connectivity index (χ0) is 15.8. The molecule has 1 atom stereocenters. The van der Waals surface area contributed by atoms with Crippen LogP contribution in [0.2, 0.25) is 0 Å². The van der Waals surface area contributed by atoms with Gasteiger partial charge in [-0.15, -0.1) is 0 Å². The standard InChI is InChI=1S/C18H23N3O2/c1-23-17-10-15-13(2-5-19-15)8-14(17)9-18(22)20-16-11-21-6-3-12(16)4-7-21/h2,5,8,10,12,16,19H,3-4,6-7,9,11H2,1H3,(H,20,22). The Morgan fingerprint density at radius 1 is 1.39 bits per heavy atom. The van der Waals surface area contributed by atoms with Crippen LogP contribution in [0, 0.1) is 5.92 Å². The third kappa shape index (κ3) is 2.81. The molecule has 0 aliphatic carbocycles. The minimum absolute atomic E-state index is 0.0944. The molecule has 5 rings (SSSR count). The molecule has 0 radical (unpaired) electrons. The number of carbonyl (C=O) groups excluding carboxylic acids is 1. The Bertz CT molecular complexity index is 716. The van der Waals surface area contributed by atoms with E-state index in [1.54, 1.807) is 7.11 Å². The highest BCUT2D eigenvalue weighted by Crippen LogP contribution is 2.28. The third-order valence-corrected chi connectivity index (χ3v) is 5.31. The van der Waals surface area contributed by atoms with Gasteiger partial charge in [0.05, 0.1) is 13.5 Å². The number of ether oxygens (including phenoxy) is 1. The van der Waals surface area contributed by atoms with Crippen molar-refractivity contribution < 1.29 is 9.53 Å². The fraction of sp³-hybridized carbons (Fsp3) is 0.500. The van der Waals surface area contributed by atoms with Gasteiger partial charge in [0.1, 0.15) is 5.75 Å². The van der Waals surface area contributed by atoms with Gasteiger partial charge in [-0.2, -0.15) is 0 Å². The van der Waals surface area contributed by atoms with Gasteiger partial charge in [-0.25, -0.2) is 0 Å². The summed E-state index contributed by atoms with van der Waals surface area (Å²) in [7, 11) is 1.65. The molecule has 2 aromatic rings. The number of rotatable bonds is 4. The molecule has 122 valence electrons. The van der Waals surface area contributed by atoms with Gasteiger partial charge in [0.15, 0.2) is 0 Å². The first-order valence-corrected chi connectivity index (χ1v) is 8.38. The molecule has 3 saturated heterocycles. The highest BCUT2D eigenvalue weighted by atomic mass is 16.5. The van der Waals surface area contributed by atoms with E-state index in [4.69, 9.17) is 4.74 Å². The lowest BCUT2D eigenvalue weighted by molar-refractivity contribution is -0.122. The number of methoxy groups -OCH3 is 1. The van der Waals surface area contributed by atoms with Gasteiger partial charge >= 0.3 is 0 Å². The van der Waals surface area contributed by atoms with Gasteiger partial charge in [0, 0.05) is 35.9 Å². The molecule has 4 heterocycles. The van der Waals surface area contributed by atoms with E-state index >= 15 is 0 Å². The predicted molar refractivity (Wildman–Crippen MR) is 89.6 cm³/mol. The number of fused-ring (bicyclic) bond motifs is 4. The normalized spacial score (nSPS) is 26.4. The molecule has 3 aliphatic heterocycles. The van der Waals surface area contributed by atoms with Crippen molar-refractivity contribution in [1.82, 2.24) is 15.2 Å². The molecule has 2 N–H and O–H groups in total. The highest BCUT2D eigenvalue weighted by Gasteiger charge is 2.34. The van der Waals surface area contributed by atoms with Crippen molar-refractivity contribution in [3.05, 3.63) is 30.0 Å². The third-order valence-electron chi connectivity index (χ3n) is 5.31. The number of aromatic amines is 1. The van der Waals surface area contributed by atoms with Crippen molar-refractivity contribution in [3.63, 3.8) is 0 Å². The number of aromatic nitrogens is 1. The molecule has 3 aliphatic rings. The van der Waals surface area contributed by atoms with Crippen LogP contribution in [0.5, 0.6) is 5.75 Å². The number of nitrogens with one attached hydrogen (secondary N) is 2. The van der Waals surface area contributed by atoms with E-state index < -0.39 is 0 Å². The van der Waals surface area contributed by atoms with Crippen LogP contribution in [0.1, 0.15) is 18.4 Å². The summed E-state index contributed by atoms with van der Waals surface area (Å²) in [6, 6.07) is 6.34. The van der Waals surface area contributed by atoms with Crippen LogP contribution in [-0.4, -0.2) is 48.6 Å². The van der Waals surface area contributed by atoms with Crippen molar-refractivity contribution in [2.45, 2.75) is 25.3 Å². The topological polar surface area (TPSA) is 57.4 Å².